The van der Waals surface area contributed by atoms with E-state index in [1.54, 1.807) is 0 Å². The maximum absolute atomic E-state index is 5.52. The largest absolute Gasteiger partial charge is 0.376 e. The minimum absolute atomic E-state index is 0.270. The SMILES string of the molecule is C/C(=N/NC(=S)NC[C@H]1CCCO1)c1ccc(Br)cc1. The van der Waals surface area contributed by atoms with Crippen LogP contribution in [0, 0.1) is 0 Å². The van der Waals surface area contributed by atoms with E-state index in [9.17, 15) is 0 Å². The number of hydrogen-bond donors (Lipinski definition) is 2. The molecule has 1 aromatic carbocycles. The zero-order chi connectivity index (χ0) is 14.4. The number of hydrogen-bond acceptors (Lipinski definition) is 3. The molecule has 0 aliphatic carbocycles. The fourth-order valence-electron chi connectivity index (χ4n) is 1.94. The lowest BCUT2D eigenvalue weighted by Gasteiger charge is -2.12. The van der Waals surface area contributed by atoms with E-state index in [0.717, 1.165) is 41.7 Å². The summed E-state index contributed by atoms with van der Waals surface area (Å²) in [7, 11) is 0. The van der Waals surface area contributed by atoms with Crippen LogP contribution in [0.4, 0.5) is 0 Å². The van der Waals surface area contributed by atoms with Crippen LogP contribution in [-0.2, 0) is 4.74 Å². The Morgan fingerprint density at radius 3 is 2.85 bits per heavy atom. The molecule has 1 atom stereocenters. The number of rotatable bonds is 4. The molecule has 1 fully saturated rings. The van der Waals surface area contributed by atoms with Crippen molar-refractivity contribution >= 4 is 39.0 Å². The molecule has 108 valence electrons. The monoisotopic (exact) mass is 355 g/mol. The summed E-state index contributed by atoms with van der Waals surface area (Å²) in [4.78, 5) is 0. The van der Waals surface area contributed by atoms with E-state index >= 15 is 0 Å². The highest BCUT2D eigenvalue weighted by Crippen LogP contribution is 2.11. The number of nitrogens with one attached hydrogen (secondary N) is 2. The quantitative estimate of drug-likeness (QED) is 0.495. The summed E-state index contributed by atoms with van der Waals surface area (Å²) in [5, 5.41) is 7.92. The number of ether oxygens (including phenoxy) is 1. The predicted molar refractivity (Wildman–Crippen MR) is 89.1 cm³/mol. The van der Waals surface area contributed by atoms with Crippen molar-refractivity contribution in [2.75, 3.05) is 13.2 Å². The standard InChI is InChI=1S/C14H18BrN3OS/c1-10(11-4-6-12(15)7-5-11)17-18-14(20)16-9-13-3-2-8-19-13/h4-7,13H,2-3,8-9H2,1H3,(H2,16,18,20)/b17-10-/t13-/m1/s1. The van der Waals surface area contributed by atoms with Crippen molar-refractivity contribution in [2.45, 2.75) is 25.9 Å². The minimum Gasteiger partial charge on any atom is -0.376 e. The number of benzene rings is 1. The second-order valence-corrected chi connectivity index (χ2v) is 5.98. The summed E-state index contributed by atoms with van der Waals surface area (Å²) in [6.45, 7) is 3.53. The van der Waals surface area contributed by atoms with Crippen LogP contribution in [0.3, 0.4) is 0 Å². The van der Waals surface area contributed by atoms with Crippen LogP contribution in [0.1, 0.15) is 25.3 Å². The molecule has 20 heavy (non-hydrogen) atoms. The summed E-state index contributed by atoms with van der Waals surface area (Å²) >= 11 is 8.60. The van der Waals surface area contributed by atoms with Crippen molar-refractivity contribution in [1.82, 2.24) is 10.7 Å². The Bertz CT molecular complexity index is 484. The highest BCUT2D eigenvalue weighted by atomic mass is 79.9. The molecule has 0 saturated carbocycles. The van der Waals surface area contributed by atoms with Gasteiger partial charge in [-0.1, -0.05) is 28.1 Å². The van der Waals surface area contributed by atoms with Gasteiger partial charge >= 0.3 is 0 Å². The van der Waals surface area contributed by atoms with Crippen molar-refractivity contribution in [1.29, 1.82) is 0 Å². The molecular formula is C14H18BrN3OS. The molecule has 0 aromatic heterocycles. The molecule has 1 heterocycles. The molecule has 2 N–H and O–H groups in total. The van der Waals surface area contributed by atoms with Crippen LogP contribution in [-0.4, -0.2) is 30.1 Å². The highest BCUT2D eigenvalue weighted by Gasteiger charge is 2.15. The predicted octanol–water partition coefficient (Wildman–Crippen LogP) is 2.82. The molecule has 2 rings (SSSR count). The maximum atomic E-state index is 5.52. The molecule has 1 aliphatic heterocycles. The third-order valence-corrected chi connectivity index (χ3v) is 3.87. The lowest BCUT2D eigenvalue weighted by atomic mass is 10.1. The summed E-state index contributed by atoms with van der Waals surface area (Å²) < 4.78 is 6.57. The summed E-state index contributed by atoms with van der Waals surface area (Å²) in [5.74, 6) is 0. The van der Waals surface area contributed by atoms with Gasteiger partial charge in [0.1, 0.15) is 0 Å². The first kappa shape index (κ1) is 15.4. The minimum atomic E-state index is 0.270. The number of halogens is 1. The van der Waals surface area contributed by atoms with Gasteiger partial charge in [-0.25, -0.2) is 0 Å². The third kappa shape index (κ3) is 4.85. The van der Waals surface area contributed by atoms with Crippen molar-refractivity contribution in [3.05, 3.63) is 34.3 Å². The van der Waals surface area contributed by atoms with E-state index in [2.05, 4.69) is 31.8 Å². The normalized spacial score (nSPS) is 18.9. The average molecular weight is 356 g/mol. The second kappa shape index (κ2) is 7.71. The molecular weight excluding hydrogens is 338 g/mol. The Morgan fingerprint density at radius 1 is 1.45 bits per heavy atom. The van der Waals surface area contributed by atoms with Gasteiger partial charge in [0, 0.05) is 17.6 Å². The van der Waals surface area contributed by atoms with Gasteiger partial charge in [-0.2, -0.15) is 5.10 Å². The van der Waals surface area contributed by atoms with Gasteiger partial charge in [-0.3, -0.25) is 5.43 Å². The van der Waals surface area contributed by atoms with Gasteiger partial charge in [0.05, 0.1) is 11.8 Å². The first-order chi connectivity index (χ1) is 9.65. The van der Waals surface area contributed by atoms with Crippen LogP contribution >= 0.6 is 28.1 Å². The lowest BCUT2D eigenvalue weighted by molar-refractivity contribution is 0.114. The van der Waals surface area contributed by atoms with Crippen molar-refractivity contribution in [2.24, 2.45) is 5.10 Å². The molecule has 0 unspecified atom stereocenters. The Kier molecular flexibility index (Phi) is 5.94. The van der Waals surface area contributed by atoms with Gasteiger partial charge in [0.15, 0.2) is 5.11 Å². The fourth-order valence-corrected chi connectivity index (χ4v) is 2.33. The van der Waals surface area contributed by atoms with Gasteiger partial charge < -0.3 is 10.1 Å². The van der Waals surface area contributed by atoms with E-state index < -0.39 is 0 Å². The molecule has 1 aromatic rings. The average Bonchev–Trinajstić information content (AvgIpc) is 2.96. The van der Waals surface area contributed by atoms with Crippen molar-refractivity contribution in [3.8, 4) is 0 Å². The van der Waals surface area contributed by atoms with Gasteiger partial charge in [0.25, 0.3) is 0 Å². The fraction of sp³-hybridized carbons (Fsp3) is 0.429. The smallest absolute Gasteiger partial charge is 0.187 e. The Hall–Kier alpha value is -0.980. The van der Waals surface area contributed by atoms with E-state index in [0.29, 0.717) is 5.11 Å². The summed E-state index contributed by atoms with van der Waals surface area (Å²) in [6.07, 6.45) is 2.50. The topological polar surface area (TPSA) is 45.7 Å². The second-order valence-electron chi connectivity index (χ2n) is 4.66. The molecule has 1 aliphatic rings. The van der Waals surface area contributed by atoms with Gasteiger partial charge in [0.2, 0.25) is 0 Å². The molecule has 4 nitrogen and oxygen atoms in total. The zero-order valence-corrected chi connectivity index (χ0v) is 13.8. The number of thiocarbonyl (C=S) groups is 1. The molecule has 6 heteroatoms. The van der Waals surface area contributed by atoms with Crippen LogP contribution in [0.25, 0.3) is 0 Å². The molecule has 0 amide bonds. The van der Waals surface area contributed by atoms with Crippen molar-refractivity contribution < 1.29 is 4.74 Å². The summed E-state index contributed by atoms with van der Waals surface area (Å²) in [6, 6.07) is 7.99. The molecule has 0 bridgehead atoms. The van der Waals surface area contributed by atoms with Gasteiger partial charge in [-0.15, -0.1) is 0 Å². The van der Waals surface area contributed by atoms with E-state index in [1.165, 1.54) is 0 Å². The number of nitrogens with zero attached hydrogens (tertiary/aromatic N) is 1. The van der Waals surface area contributed by atoms with Crippen LogP contribution in [0.5, 0.6) is 0 Å². The molecule has 1 saturated heterocycles. The van der Waals surface area contributed by atoms with Crippen LogP contribution in [0.2, 0.25) is 0 Å². The Morgan fingerprint density at radius 2 is 2.20 bits per heavy atom. The maximum Gasteiger partial charge on any atom is 0.187 e. The van der Waals surface area contributed by atoms with Crippen LogP contribution in [0.15, 0.2) is 33.8 Å². The van der Waals surface area contributed by atoms with Gasteiger partial charge in [-0.05, 0) is 49.7 Å². The first-order valence-electron chi connectivity index (χ1n) is 6.61. The Balaban J connectivity index is 1.78. The van der Waals surface area contributed by atoms with E-state index in [1.807, 2.05) is 31.2 Å². The highest BCUT2D eigenvalue weighted by molar-refractivity contribution is 9.10. The lowest BCUT2D eigenvalue weighted by Crippen LogP contribution is -2.37. The number of hydrazone groups is 1. The van der Waals surface area contributed by atoms with Crippen molar-refractivity contribution in [3.63, 3.8) is 0 Å². The summed E-state index contributed by atoms with van der Waals surface area (Å²) in [5.41, 5.74) is 4.81. The molecule has 0 spiro atoms. The first-order valence-corrected chi connectivity index (χ1v) is 7.81. The van der Waals surface area contributed by atoms with E-state index in [-0.39, 0.29) is 6.10 Å². The zero-order valence-electron chi connectivity index (χ0n) is 11.4. The Labute approximate surface area is 133 Å². The molecule has 0 radical (unpaired) electrons. The van der Waals surface area contributed by atoms with E-state index in [4.69, 9.17) is 17.0 Å². The van der Waals surface area contributed by atoms with Crippen LogP contribution < -0.4 is 10.7 Å². The third-order valence-electron chi connectivity index (χ3n) is 3.10.